The number of halogens is 1. The molecule has 0 aliphatic rings. The summed E-state index contributed by atoms with van der Waals surface area (Å²) in [7, 11) is 1.64. The van der Waals surface area contributed by atoms with Crippen LogP contribution >= 0.6 is 11.3 Å². The van der Waals surface area contributed by atoms with Crippen LogP contribution in [0.3, 0.4) is 0 Å². The zero-order valence-corrected chi connectivity index (χ0v) is 12.8. The van der Waals surface area contributed by atoms with Crippen molar-refractivity contribution in [3.8, 4) is 0 Å². The van der Waals surface area contributed by atoms with Crippen molar-refractivity contribution in [2.24, 2.45) is 5.92 Å². The molecule has 2 rings (SSSR count). The Hall–Kier alpha value is -1.50. The predicted molar refractivity (Wildman–Crippen MR) is 81.5 cm³/mol. The van der Waals surface area contributed by atoms with Gasteiger partial charge in [-0.15, -0.1) is 11.3 Å². The zero-order chi connectivity index (χ0) is 15.4. The normalized spacial score (nSPS) is 12.7. The van der Waals surface area contributed by atoms with Crippen molar-refractivity contribution < 1.29 is 19.0 Å². The first-order valence-electron chi connectivity index (χ1n) is 6.67. The van der Waals surface area contributed by atoms with Crippen molar-refractivity contribution in [3.63, 3.8) is 0 Å². The van der Waals surface area contributed by atoms with Gasteiger partial charge in [0.15, 0.2) is 0 Å². The Balaban J connectivity index is 2.24. The van der Waals surface area contributed by atoms with Crippen molar-refractivity contribution in [2.75, 3.05) is 20.3 Å². The highest BCUT2D eigenvalue weighted by atomic mass is 32.1. The minimum Gasteiger partial charge on any atom is -0.477 e. The van der Waals surface area contributed by atoms with E-state index in [1.165, 1.54) is 6.07 Å². The number of carbonyl (C=O) groups is 1. The molecule has 4 nitrogen and oxygen atoms in total. The Morgan fingerprint density at radius 1 is 1.52 bits per heavy atom. The van der Waals surface area contributed by atoms with Crippen LogP contribution in [0.4, 0.5) is 4.39 Å². The minimum absolute atomic E-state index is 0.196. The van der Waals surface area contributed by atoms with Crippen LogP contribution in [0, 0.1) is 11.7 Å². The SMILES string of the molecule is COCC(C)CNCc1c(C(=O)O)sc2cccc(F)c12. The molecular formula is C15H18FNO3S. The summed E-state index contributed by atoms with van der Waals surface area (Å²) >= 11 is 1.11. The van der Waals surface area contributed by atoms with E-state index in [4.69, 9.17) is 4.74 Å². The van der Waals surface area contributed by atoms with Crippen molar-refractivity contribution in [1.29, 1.82) is 0 Å². The number of carboxylic acid groups (broad SMARTS) is 1. The van der Waals surface area contributed by atoms with E-state index >= 15 is 0 Å². The van der Waals surface area contributed by atoms with Gasteiger partial charge in [-0.3, -0.25) is 0 Å². The second-order valence-corrected chi connectivity index (χ2v) is 6.07. The number of ether oxygens (including phenoxy) is 1. The van der Waals surface area contributed by atoms with E-state index in [1.54, 1.807) is 19.2 Å². The van der Waals surface area contributed by atoms with Crippen molar-refractivity contribution >= 4 is 27.4 Å². The smallest absolute Gasteiger partial charge is 0.346 e. The van der Waals surface area contributed by atoms with Crippen molar-refractivity contribution in [2.45, 2.75) is 13.5 Å². The van der Waals surface area contributed by atoms with E-state index in [0.717, 1.165) is 11.3 Å². The first-order chi connectivity index (χ1) is 10.0. The predicted octanol–water partition coefficient (Wildman–Crippen LogP) is 3.11. The number of hydrogen-bond acceptors (Lipinski definition) is 4. The standard InChI is InChI=1S/C15H18FNO3S/c1-9(8-20-2)6-17-7-10-13-11(16)4-3-5-12(13)21-14(10)15(18)19/h3-5,9,17H,6-8H2,1-2H3,(H,18,19). The fourth-order valence-electron chi connectivity index (χ4n) is 2.30. The molecule has 2 aromatic rings. The van der Waals surface area contributed by atoms with Gasteiger partial charge in [0.2, 0.25) is 0 Å². The third-order valence-corrected chi connectivity index (χ3v) is 4.39. The Morgan fingerprint density at radius 2 is 2.29 bits per heavy atom. The summed E-state index contributed by atoms with van der Waals surface area (Å²) in [6.45, 7) is 3.66. The van der Waals surface area contributed by atoms with Crippen LogP contribution in [0.1, 0.15) is 22.2 Å². The number of rotatable bonds is 7. The minimum atomic E-state index is -1.02. The van der Waals surface area contributed by atoms with Crippen LogP contribution in [-0.2, 0) is 11.3 Å². The first kappa shape index (κ1) is 15.9. The van der Waals surface area contributed by atoms with E-state index in [1.807, 2.05) is 6.92 Å². The van der Waals surface area contributed by atoms with Crippen LogP contribution in [0.5, 0.6) is 0 Å². The monoisotopic (exact) mass is 311 g/mol. The molecule has 0 spiro atoms. The topological polar surface area (TPSA) is 58.6 Å². The zero-order valence-electron chi connectivity index (χ0n) is 12.0. The Bertz CT molecular complexity index is 641. The summed E-state index contributed by atoms with van der Waals surface area (Å²) in [6, 6.07) is 4.70. The molecule has 114 valence electrons. The molecule has 0 bridgehead atoms. The fraction of sp³-hybridized carbons (Fsp3) is 0.400. The third-order valence-electron chi connectivity index (χ3n) is 3.20. The summed E-state index contributed by atoms with van der Waals surface area (Å²) in [5, 5.41) is 12.9. The molecule has 6 heteroatoms. The molecule has 0 radical (unpaired) electrons. The second-order valence-electron chi connectivity index (χ2n) is 5.02. The van der Waals surface area contributed by atoms with Gasteiger partial charge < -0.3 is 15.2 Å². The molecule has 1 heterocycles. The number of thiophene rings is 1. The van der Waals surface area contributed by atoms with Gasteiger partial charge in [-0.1, -0.05) is 13.0 Å². The molecule has 0 amide bonds. The molecule has 2 N–H and O–H groups in total. The van der Waals surface area contributed by atoms with E-state index < -0.39 is 5.97 Å². The molecule has 0 saturated carbocycles. The number of hydrogen-bond donors (Lipinski definition) is 2. The Labute approximate surface area is 126 Å². The van der Waals surface area contributed by atoms with Gasteiger partial charge in [-0.05, 0) is 18.1 Å². The first-order valence-corrected chi connectivity index (χ1v) is 7.49. The van der Waals surface area contributed by atoms with Crippen LogP contribution < -0.4 is 5.32 Å². The molecule has 0 saturated heterocycles. The van der Waals surface area contributed by atoms with Crippen molar-refractivity contribution in [3.05, 3.63) is 34.5 Å². The largest absolute Gasteiger partial charge is 0.477 e. The lowest BCUT2D eigenvalue weighted by Gasteiger charge is -2.11. The summed E-state index contributed by atoms with van der Waals surface area (Å²) in [4.78, 5) is 11.5. The van der Waals surface area contributed by atoms with Crippen LogP contribution in [-0.4, -0.2) is 31.3 Å². The number of fused-ring (bicyclic) bond motifs is 1. The highest BCUT2D eigenvalue weighted by Gasteiger charge is 2.19. The van der Waals surface area contributed by atoms with Crippen LogP contribution in [0.2, 0.25) is 0 Å². The fourth-order valence-corrected chi connectivity index (χ4v) is 3.37. The summed E-state index contributed by atoms with van der Waals surface area (Å²) < 4.78 is 19.7. The summed E-state index contributed by atoms with van der Waals surface area (Å²) in [6.07, 6.45) is 0. The summed E-state index contributed by atoms with van der Waals surface area (Å²) in [5.74, 6) is -1.09. The van der Waals surface area contributed by atoms with Crippen molar-refractivity contribution in [1.82, 2.24) is 5.32 Å². The van der Waals surface area contributed by atoms with Gasteiger partial charge in [0.25, 0.3) is 0 Å². The van der Waals surface area contributed by atoms with Gasteiger partial charge in [0.1, 0.15) is 10.7 Å². The lowest BCUT2D eigenvalue weighted by Crippen LogP contribution is -2.24. The van der Waals surface area contributed by atoms with E-state index in [9.17, 15) is 14.3 Å². The number of nitrogens with one attached hydrogen (secondary N) is 1. The number of methoxy groups -OCH3 is 1. The highest BCUT2D eigenvalue weighted by Crippen LogP contribution is 2.33. The molecule has 0 aliphatic carbocycles. The molecule has 1 unspecified atom stereocenters. The molecule has 21 heavy (non-hydrogen) atoms. The van der Waals surface area contributed by atoms with Gasteiger partial charge in [0.05, 0.1) is 0 Å². The molecule has 0 aliphatic heterocycles. The van der Waals surface area contributed by atoms with Gasteiger partial charge in [-0.25, -0.2) is 9.18 Å². The maximum Gasteiger partial charge on any atom is 0.346 e. The van der Waals surface area contributed by atoms with E-state index in [-0.39, 0.29) is 10.7 Å². The molecule has 1 aromatic carbocycles. The van der Waals surface area contributed by atoms with Gasteiger partial charge >= 0.3 is 5.97 Å². The van der Waals surface area contributed by atoms with Gasteiger partial charge in [0, 0.05) is 42.5 Å². The Morgan fingerprint density at radius 3 is 2.95 bits per heavy atom. The second kappa shape index (κ2) is 6.98. The molecule has 0 fully saturated rings. The number of aromatic carboxylic acids is 1. The van der Waals surface area contributed by atoms with Crippen LogP contribution in [0.25, 0.3) is 10.1 Å². The molecule has 1 aromatic heterocycles. The lowest BCUT2D eigenvalue weighted by molar-refractivity contribution is 0.0701. The van der Waals surface area contributed by atoms with E-state index in [2.05, 4.69) is 5.32 Å². The van der Waals surface area contributed by atoms with E-state index in [0.29, 0.717) is 41.3 Å². The average Bonchev–Trinajstić information content (AvgIpc) is 2.79. The van der Waals surface area contributed by atoms with Gasteiger partial charge in [-0.2, -0.15) is 0 Å². The average molecular weight is 311 g/mol. The maximum absolute atomic E-state index is 14.0. The molecule has 1 atom stereocenters. The lowest BCUT2D eigenvalue weighted by atomic mass is 10.1. The highest BCUT2D eigenvalue weighted by molar-refractivity contribution is 7.21. The summed E-state index contributed by atoms with van der Waals surface area (Å²) in [5.41, 5.74) is 0.519. The number of benzene rings is 1. The molecular weight excluding hydrogens is 293 g/mol. The third kappa shape index (κ3) is 3.58. The van der Waals surface area contributed by atoms with Crippen LogP contribution in [0.15, 0.2) is 18.2 Å². The number of carboxylic acids is 1. The maximum atomic E-state index is 14.0. The quantitative estimate of drug-likeness (QED) is 0.825. The Kier molecular flexibility index (Phi) is 5.27.